The number of aliphatic hydroxyl groups is 1. The Bertz CT molecular complexity index is 1090. The first-order chi connectivity index (χ1) is 17.4. The summed E-state index contributed by atoms with van der Waals surface area (Å²) in [4.78, 5) is 37.3. The van der Waals surface area contributed by atoms with Crippen molar-refractivity contribution in [3.63, 3.8) is 0 Å². The third-order valence-corrected chi connectivity index (χ3v) is 6.52. The zero-order valence-electron chi connectivity index (χ0n) is 21.6. The molecular weight excluding hydrogens is 529 g/mol. The molecule has 4 atom stereocenters. The molecule has 14 heteroatoms. The van der Waals surface area contributed by atoms with Crippen LogP contribution in [0.1, 0.15) is 38.7 Å². The van der Waals surface area contributed by atoms with Crippen LogP contribution in [0.4, 0.5) is 4.79 Å². The quantitative estimate of drug-likeness (QED) is 0.112. The largest absolute Gasteiger partial charge is 1.00 e. The zero-order valence-corrected chi connectivity index (χ0v) is 24.5. The Balaban J connectivity index is 0.00000722. The Morgan fingerprint density at radius 1 is 1.26 bits per heavy atom. The van der Waals surface area contributed by atoms with E-state index in [-0.39, 0.29) is 67.4 Å². The van der Waals surface area contributed by atoms with Crippen molar-refractivity contribution >= 4 is 28.0 Å². The molecule has 3 amide bonds. The first-order valence-electron chi connectivity index (χ1n) is 11.7. The average molecular weight is 562 g/mol. The van der Waals surface area contributed by atoms with Crippen molar-refractivity contribution in [3.8, 4) is 18.1 Å². The summed E-state index contributed by atoms with van der Waals surface area (Å²) in [5.41, 5.74) is -1.82. The van der Waals surface area contributed by atoms with Crippen molar-refractivity contribution in [1.29, 1.82) is 0 Å². The smallest absolute Gasteiger partial charge is 0.746 e. The van der Waals surface area contributed by atoms with Crippen molar-refractivity contribution in [1.82, 2.24) is 16.0 Å². The van der Waals surface area contributed by atoms with E-state index in [0.29, 0.717) is 24.3 Å². The maximum atomic E-state index is 13.0. The molecule has 1 aliphatic rings. The van der Waals surface area contributed by atoms with Crippen LogP contribution in [0, 0.1) is 24.2 Å². The van der Waals surface area contributed by atoms with Gasteiger partial charge in [-0.15, -0.1) is 6.42 Å². The number of carbonyl (C=O) groups excluding carboxylic acids is 3. The van der Waals surface area contributed by atoms with Gasteiger partial charge in [-0.05, 0) is 42.9 Å². The van der Waals surface area contributed by atoms with Crippen LogP contribution in [-0.2, 0) is 31.1 Å². The number of rotatable bonds is 13. The first kappa shape index (κ1) is 33.7. The average Bonchev–Trinajstić information content (AvgIpc) is 3.24. The summed E-state index contributed by atoms with van der Waals surface area (Å²) >= 11 is 0. The summed E-state index contributed by atoms with van der Waals surface area (Å²) < 4.78 is 44.9. The number of terminal acetylenes is 1. The standard InChI is InChI=1S/C24H33N3O9S.Na/c1-4-11-35-18-7-5-16(6-8-18)14-36-24(31)27-19(12-15(2)3)22(29)26-20(23(30)37(32,33)34)13-17-9-10-25-21(17)28;/h1,5-8,15,17,19-20,23,30H,9-14H2,2-3H3,(H,25,28)(H,26,29)(H,27,31)(H,32,33,34);/q;+1/p-1/t17-,19-,20-,23?;/m0./s1. The van der Waals surface area contributed by atoms with E-state index in [0.717, 1.165) is 0 Å². The van der Waals surface area contributed by atoms with E-state index in [1.165, 1.54) is 0 Å². The van der Waals surface area contributed by atoms with Crippen molar-refractivity contribution in [2.45, 2.75) is 57.2 Å². The normalized spacial score (nSPS) is 17.3. The van der Waals surface area contributed by atoms with E-state index in [4.69, 9.17) is 15.9 Å². The Morgan fingerprint density at radius 3 is 2.45 bits per heavy atom. The van der Waals surface area contributed by atoms with E-state index < -0.39 is 45.6 Å². The maximum absolute atomic E-state index is 13.0. The molecule has 0 spiro atoms. The van der Waals surface area contributed by atoms with Gasteiger partial charge in [-0.3, -0.25) is 9.59 Å². The number of amides is 3. The van der Waals surface area contributed by atoms with Crippen molar-refractivity contribution < 1.29 is 71.5 Å². The number of aliphatic hydroxyl groups excluding tert-OH is 1. The van der Waals surface area contributed by atoms with Crippen LogP contribution < -0.4 is 50.2 Å². The second-order valence-electron chi connectivity index (χ2n) is 9.05. The van der Waals surface area contributed by atoms with E-state index in [1.807, 2.05) is 0 Å². The summed E-state index contributed by atoms with van der Waals surface area (Å²) in [5, 5.41) is 17.4. The molecule has 4 N–H and O–H groups in total. The van der Waals surface area contributed by atoms with Gasteiger partial charge >= 0.3 is 35.7 Å². The van der Waals surface area contributed by atoms with E-state index >= 15 is 0 Å². The molecule has 2 rings (SSSR count). The minimum Gasteiger partial charge on any atom is -0.746 e. The Hall–Kier alpha value is -2.34. The molecule has 1 aromatic carbocycles. The molecule has 38 heavy (non-hydrogen) atoms. The molecule has 0 bridgehead atoms. The van der Waals surface area contributed by atoms with Crippen LogP contribution in [-0.4, -0.2) is 66.7 Å². The number of benzene rings is 1. The summed E-state index contributed by atoms with van der Waals surface area (Å²) in [6.45, 7) is 3.96. The van der Waals surface area contributed by atoms with Gasteiger partial charge in [0, 0.05) is 12.5 Å². The molecule has 1 unspecified atom stereocenters. The van der Waals surface area contributed by atoms with Gasteiger partial charge in [-0.1, -0.05) is 31.9 Å². The van der Waals surface area contributed by atoms with Crippen LogP contribution in [0.15, 0.2) is 24.3 Å². The fraction of sp³-hybridized carbons (Fsp3) is 0.542. The van der Waals surface area contributed by atoms with E-state index in [1.54, 1.807) is 38.1 Å². The zero-order chi connectivity index (χ0) is 27.6. The Kier molecular flexibility index (Phi) is 14.1. The van der Waals surface area contributed by atoms with Crippen molar-refractivity contribution in [3.05, 3.63) is 29.8 Å². The Labute approximate surface area is 244 Å². The summed E-state index contributed by atoms with van der Waals surface area (Å²) in [7, 11) is -5.20. The molecule has 0 radical (unpaired) electrons. The van der Waals surface area contributed by atoms with Crippen LogP contribution in [0.3, 0.4) is 0 Å². The minimum absolute atomic E-state index is 0. The number of alkyl carbamates (subject to hydrolysis) is 1. The SMILES string of the molecule is C#CCOc1ccc(COC(=O)N[C@@H](CC(C)C)C(=O)N[C@@H](C[C@@H]2CCNC2=O)C(O)S(=O)(=O)[O-])cc1.[Na+]. The van der Waals surface area contributed by atoms with Gasteiger partial charge in [0.15, 0.2) is 5.44 Å². The Morgan fingerprint density at radius 2 is 1.92 bits per heavy atom. The van der Waals surface area contributed by atoms with Crippen molar-refractivity contribution in [2.24, 2.45) is 11.8 Å². The van der Waals surface area contributed by atoms with E-state index in [9.17, 15) is 32.5 Å². The summed E-state index contributed by atoms with van der Waals surface area (Å²) in [5.74, 6) is 0.939. The molecule has 1 aliphatic heterocycles. The van der Waals surface area contributed by atoms with Crippen molar-refractivity contribution in [2.75, 3.05) is 13.2 Å². The molecule has 12 nitrogen and oxygen atoms in total. The molecule has 1 aromatic rings. The topological polar surface area (TPSA) is 183 Å². The fourth-order valence-electron chi connectivity index (χ4n) is 3.75. The molecule has 0 saturated carbocycles. The third-order valence-electron chi connectivity index (χ3n) is 5.60. The summed E-state index contributed by atoms with van der Waals surface area (Å²) in [6.07, 6.45) is 4.48. The monoisotopic (exact) mass is 561 g/mol. The van der Waals surface area contributed by atoms with Gasteiger partial charge in [0.25, 0.3) is 0 Å². The van der Waals surface area contributed by atoms with Crippen LogP contribution in [0.2, 0.25) is 0 Å². The number of hydrogen-bond acceptors (Lipinski definition) is 9. The van der Waals surface area contributed by atoms with Gasteiger partial charge in [-0.25, -0.2) is 13.2 Å². The van der Waals surface area contributed by atoms with Gasteiger partial charge in [-0.2, -0.15) is 0 Å². The molecule has 204 valence electrons. The molecular formula is C24H32N3NaO9S. The van der Waals surface area contributed by atoms with Crippen LogP contribution >= 0.6 is 0 Å². The third kappa shape index (κ3) is 11.2. The minimum atomic E-state index is -5.20. The summed E-state index contributed by atoms with van der Waals surface area (Å²) in [6, 6.07) is 3.95. The number of hydrogen-bond donors (Lipinski definition) is 4. The van der Waals surface area contributed by atoms with Crippen LogP contribution in [0.25, 0.3) is 0 Å². The first-order valence-corrected chi connectivity index (χ1v) is 13.2. The molecule has 1 fully saturated rings. The predicted molar refractivity (Wildman–Crippen MR) is 131 cm³/mol. The van der Waals surface area contributed by atoms with E-state index in [2.05, 4.69) is 21.9 Å². The maximum Gasteiger partial charge on any atom is 1.00 e. The molecule has 1 heterocycles. The van der Waals surface area contributed by atoms with Crippen LogP contribution in [0.5, 0.6) is 5.75 Å². The van der Waals surface area contributed by atoms with Gasteiger partial charge < -0.3 is 35.1 Å². The number of ether oxygens (including phenoxy) is 2. The molecule has 0 aliphatic carbocycles. The van der Waals surface area contributed by atoms with Gasteiger partial charge in [0.1, 0.15) is 35.1 Å². The number of nitrogens with one attached hydrogen (secondary N) is 3. The fourth-order valence-corrected chi connectivity index (χ4v) is 4.33. The van der Waals surface area contributed by atoms with Gasteiger partial charge in [0.2, 0.25) is 11.8 Å². The second kappa shape index (κ2) is 15.9. The predicted octanol–water partition coefficient (Wildman–Crippen LogP) is -2.78. The second-order valence-corrected chi connectivity index (χ2v) is 10.5. The van der Waals surface area contributed by atoms with Gasteiger partial charge in [0.05, 0.1) is 6.04 Å². The molecule has 1 saturated heterocycles. The molecule has 0 aromatic heterocycles. The number of carbonyl (C=O) groups is 3.